The fourth-order valence-electron chi connectivity index (χ4n) is 3.25. The van der Waals surface area contributed by atoms with E-state index < -0.39 is 18.0 Å². The highest BCUT2D eigenvalue weighted by Gasteiger charge is 2.41. The Morgan fingerprint density at radius 1 is 1.07 bits per heavy atom. The largest absolute Gasteiger partial charge is 0.486 e. The third-order valence-corrected chi connectivity index (χ3v) is 4.62. The van der Waals surface area contributed by atoms with E-state index in [1.54, 1.807) is 30.3 Å². The molecule has 2 aromatic rings. The fraction of sp³-hybridized carbons (Fsp3) is 0.300. The summed E-state index contributed by atoms with van der Waals surface area (Å²) in [5.74, 6) is -0.472. The minimum atomic E-state index is -0.679. The second-order valence-electron chi connectivity index (χ2n) is 6.47. The van der Waals surface area contributed by atoms with Crippen molar-refractivity contribution in [1.29, 1.82) is 0 Å². The van der Waals surface area contributed by atoms with Gasteiger partial charge in [-0.15, -0.1) is 0 Å². The van der Waals surface area contributed by atoms with Crippen LogP contribution in [0.2, 0.25) is 0 Å². The molecule has 1 N–H and O–H groups in total. The number of nitrogens with one attached hydrogen (secondary N) is 1. The van der Waals surface area contributed by atoms with Gasteiger partial charge in [-0.1, -0.05) is 18.2 Å². The van der Waals surface area contributed by atoms with Crippen LogP contribution < -0.4 is 14.8 Å². The number of carbonyl (C=O) groups is 2. The predicted octanol–water partition coefficient (Wildman–Crippen LogP) is 2.52. The SMILES string of the molecule is O=C1C[C@H](C(=O)NCc2ccc(F)cc2)[C@@H](c2ccc3c(c2)OCCO3)O1. The first-order valence-electron chi connectivity index (χ1n) is 8.71. The van der Waals surface area contributed by atoms with Gasteiger partial charge < -0.3 is 19.5 Å². The Bertz CT molecular complexity index is 867. The maximum absolute atomic E-state index is 13.0. The number of hydrogen-bond acceptors (Lipinski definition) is 5. The van der Waals surface area contributed by atoms with E-state index in [1.165, 1.54) is 12.1 Å². The Labute approximate surface area is 155 Å². The van der Waals surface area contributed by atoms with Crippen LogP contribution in [0.25, 0.3) is 0 Å². The van der Waals surface area contributed by atoms with Crippen LogP contribution in [-0.2, 0) is 20.9 Å². The molecule has 140 valence electrons. The summed E-state index contributed by atoms with van der Waals surface area (Å²) in [6.45, 7) is 1.18. The molecule has 1 fully saturated rings. The third-order valence-electron chi connectivity index (χ3n) is 4.62. The van der Waals surface area contributed by atoms with E-state index >= 15 is 0 Å². The first kappa shape index (κ1) is 17.3. The Morgan fingerprint density at radius 2 is 1.81 bits per heavy atom. The second kappa shape index (κ2) is 7.26. The molecule has 7 heteroatoms. The van der Waals surface area contributed by atoms with Crippen molar-refractivity contribution in [2.24, 2.45) is 5.92 Å². The monoisotopic (exact) mass is 371 g/mol. The summed E-state index contributed by atoms with van der Waals surface area (Å²) in [5.41, 5.74) is 1.46. The van der Waals surface area contributed by atoms with Crippen molar-refractivity contribution in [1.82, 2.24) is 5.32 Å². The van der Waals surface area contributed by atoms with Crippen LogP contribution in [0, 0.1) is 11.7 Å². The number of amides is 1. The Balaban J connectivity index is 1.48. The molecule has 0 aliphatic carbocycles. The summed E-state index contributed by atoms with van der Waals surface area (Å²) in [5, 5.41) is 2.79. The second-order valence-corrected chi connectivity index (χ2v) is 6.47. The Hall–Kier alpha value is -3.09. The maximum Gasteiger partial charge on any atom is 0.307 e. The highest BCUT2D eigenvalue weighted by Crippen LogP contribution is 2.40. The zero-order valence-electron chi connectivity index (χ0n) is 14.4. The number of ether oxygens (including phenoxy) is 3. The molecule has 1 saturated heterocycles. The topological polar surface area (TPSA) is 73.9 Å². The van der Waals surface area contributed by atoms with Crippen LogP contribution in [-0.4, -0.2) is 25.1 Å². The standard InChI is InChI=1S/C20H18FNO5/c21-14-4-1-12(2-5-14)11-22-20(24)15-10-18(23)27-19(15)13-3-6-16-17(9-13)26-8-7-25-16/h1-6,9,15,19H,7-8,10-11H2,(H,22,24)/t15-,19+/m0/s1. The van der Waals surface area contributed by atoms with Gasteiger partial charge in [-0.2, -0.15) is 0 Å². The fourth-order valence-corrected chi connectivity index (χ4v) is 3.25. The van der Waals surface area contributed by atoms with E-state index in [9.17, 15) is 14.0 Å². The number of fused-ring (bicyclic) bond motifs is 1. The molecular weight excluding hydrogens is 353 g/mol. The molecule has 0 aromatic heterocycles. The number of rotatable bonds is 4. The summed E-state index contributed by atoms with van der Waals surface area (Å²) in [6, 6.07) is 11.1. The van der Waals surface area contributed by atoms with Gasteiger partial charge in [0.2, 0.25) is 5.91 Å². The maximum atomic E-state index is 13.0. The smallest absolute Gasteiger partial charge is 0.307 e. The van der Waals surface area contributed by atoms with Crippen molar-refractivity contribution < 1.29 is 28.2 Å². The molecule has 2 atom stereocenters. The van der Waals surface area contributed by atoms with Crippen molar-refractivity contribution in [2.75, 3.05) is 13.2 Å². The zero-order chi connectivity index (χ0) is 18.8. The van der Waals surface area contributed by atoms with Gasteiger partial charge in [0, 0.05) is 6.54 Å². The van der Waals surface area contributed by atoms with Crippen molar-refractivity contribution in [3.8, 4) is 11.5 Å². The highest BCUT2D eigenvalue weighted by atomic mass is 19.1. The zero-order valence-corrected chi connectivity index (χ0v) is 14.4. The quantitative estimate of drug-likeness (QED) is 0.836. The lowest BCUT2D eigenvalue weighted by Crippen LogP contribution is -2.32. The number of halogens is 1. The van der Waals surface area contributed by atoms with Crippen molar-refractivity contribution in [3.63, 3.8) is 0 Å². The third kappa shape index (κ3) is 3.72. The average molecular weight is 371 g/mol. The van der Waals surface area contributed by atoms with Crippen LogP contribution in [0.5, 0.6) is 11.5 Å². The number of esters is 1. The van der Waals surface area contributed by atoms with E-state index in [-0.39, 0.29) is 24.7 Å². The van der Waals surface area contributed by atoms with E-state index in [2.05, 4.69) is 5.32 Å². The van der Waals surface area contributed by atoms with Crippen LogP contribution in [0.1, 0.15) is 23.7 Å². The van der Waals surface area contributed by atoms with Crippen molar-refractivity contribution in [3.05, 3.63) is 59.4 Å². The Morgan fingerprint density at radius 3 is 2.59 bits per heavy atom. The molecule has 6 nitrogen and oxygen atoms in total. The van der Waals surface area contributed by atoms with Gasteiger partial charge in [0.25, 0.3) is 0 Å². The molecule has 2 heterocycles. The summed E-state index contributed by atoms with van der Waals surface area (Å²) in [6.07, 6.45) is -0.671. The normalized spacial score (nSPS) is 20.9. The molecule has 0 spiro atoms. The summed E-state index contributed by atoms with van der Waals surface area (Å²) >= 11 is 0. The first-order valence-corrected chi connectivity index (χ1v) is 8.71. The molecule has 27 heavy (non-hydrogen) atoms. The highest BCUT2D eigenvalue weighted by molar-refractivity contribution is 5.87. The van der Waals surface area contributed by atoms with Crippen LogP contribution in [0.4, 0.5) is 4.39 Å². The minimum absolute atomic E-state index is 0.00829. The van der Waals surface area contributed by atoms with Gasteiger partial charge in [0.15, 0.2) is 11.5 Å². The number of carbonyl (C=O) groups excluding carboxylic acids is 2. The molecule has 2 aliphatic rings. The summed E-state index contributed by atoms with van der Waals surface area (Å²) < 4.78 is 29.4. The molecule has 2 aliphatic heterocycles. The van der Waals surface area contributed by atoms with Gasteiger partial charge in [-0.3, -0.25) is 9.59 Å². The average Bonchev–Trinajstić information content (AvgIpc) is 3.09. The van der Waals surface area contributed by atoms with Gasteiger partial charge in [-0.25, -0.2) is 4.39 Å². The molecule has 0 saturated carbocycles. The van der Waals surface area contributed by atoms with Crippen LogP contribution in [0.3, 0.4) is 0 Å². The predicted molar refractivity (Wildman–Crippen MR) is 92.6 cm³/mol. The van der Waals surface area contributed by atoms with Gasteiger partial charge in [0.05, 0.1) is 12.3 Å². The molecule has 0 bridgehead atoms. The van der Waals surface area contributed by atoms with Gasteiger partial charge >= 0.3 is 5.97 Å². The minimum Gasteiger partial charge on any atom is -0.486 e. The summed E-state index contributed by atoms with van der Waals surface area (Å²) in [4.78, 5) is 24.5. The molecular formula is C20H18FNO5. The lowest BCUT2D eigenvalue weighted by molar-refractivity contribution is -0.141. The van der Waals surface area contributed by atoms with Crippen molar-refractivity contribution in [2.45, 2.75) is 19.1 Å². The van der Waals surface area contributed by atoms with E-state index in [0.717, 1.165) is 5.56 Å². The molecule has 0 unspecified atom stereocenters. The molecule has 4 rings (SSSR count). The molecule has 2 aromatic carbocycles. The lowest BCUT2D eigenvalue weighted by atomic mass is 9.94. The molecule has 1 amide bonds. The van der Waals surface area contributed by atoms with Gasteiger partial charge in [-0.05, 0) is 35.4 Å². The Kier molecular flexibility index (Phi) is 4.66. The molecule has 0 radical (unpaired) electrons. The number of benzene rings is 2. The van der Waals surface area contributed by atoms with Crippen LogP contribution in [0.15, 0.2) is 42.5 Å². The van der Waals surface area contributed by atoms with Crippen molar-refractivity contribution >= 4 is 11.9 Å². The lowest BCUT2D eigenvalue weighted by Gasteiger charge is -2.22. The van der Waals surface area contributed by atoms with E-state index in [4.69, 9.17) is 14.2 Å². The first-order chi connectivity index (χ1) is 13.1. The number of hydrogen-bond donors (Lipinski definition) is 1. The van der Waals surface area contributed by atoms with E-state index in [1.807, 2.05) is 0 Å². The van der Waals surface area contributed by atoms with Gasteiger partial charge in [0.1, 0.15) is 25.1 Å². The van der Waals surface area contributed by atoms with Crippen LogP contribution >= 0.6 is 0 Å². The summed E-state index contributed by atoms with van der Waals surface area (Å²) in [7, 11) is 0. The van der Waals surface area contributed by atoms with E-state index in [0.29, 0.717) is 30.3 Å². The number of cyclic esters (lactones) is 1.